The lowest BCUT2D eigenvalue weighted by Crippen LogP contribution is -2.46. The first kappa shape index (κ1) is 15.9. The van der Waals surface area contributed by atoms with Gasteiger partial charge in [0, 0.05) is 25.2 Å². The monoisotopic (exact) mass is 256 g/mol. The van der Waals surface area contributed by atoms with Crippen LogP contribution in [-0.4, -0.2) is 48.3 Å². The molecule has 1 aliphatic rings. The highest BCUT2D eigenvalue weighted by molar-refractivity contribution is 4.83. The zero-order chi connectivity index (χ0) is 13.4. The molecule has 2 atom stereocenters. The zero-order valence-corrected chi connectivity index (χ0v) is 12.5. The summed E-state index contributed by atoms with van der Waals surface area (Å²) in [5.41, 5.74) is 0. The highest BCUT2D eigenvalue weighted by Gasteiger charge is 2.26. The minimum atomic E-state index is 0.276. The van der Waals surface area contributed by atoms with E-state index in [-0.39, 0.29) is 6.61 Å². The number of hydrogen-bond acceptors (Lipinski definition) is 3. The van der Waals surface area contributed by atoms with Crippen molar-refractivity contribution in [3.8, 4) is 0 Å². The first-order chi connectivity index (χ1) is 8.69. The van der Waals surface area contributed by atoms with Gasteiger partial charge in [0.2, 0.25) is 0 Å². The molecule has 0 aromatic rings. The van der Waals surface area contributed by atoms with E-state index in [4.69, 9.17) is 5.11 Å². The molecule has 0 radical (unpaired) electrons. The summed E-state index contributed by atoms with van der Waals surface area (Å²) >= 11 is 0. The zero-order valence-electron chi connectivity index (χ0n) is 12.5. The van der Waals surface area contributed by atoms with Gasteiger partial charge < -0.3 is 10.4 Å². The molecule has 0 aliphatic heterocycles. The molecule has 0 spiro atoms. The van der Waals surface area contributed by atoms with Crippen molar-refractivity contribution >= 4 is 0 Å². The third kappa shape index (κ3) is 5.25. The summed E-state index contributed by atoms with van der Waals surface area (Å²) < 4.78 is 0. The molecule has 1 saturated carbocycles. The van der Waals surface area contributed by atoms with E-state index in [1.165, 1.54) is 32.1 Å². The van der Waals surface area contributed by atoms with Gasteiger partial charge in [-0.3, -0.25) is 4.90 Å². The van der Waals surface area contributed by atoms with Gasteiger partial charge in [-0.25, -0.2) is 0 Å². The molecule has 1 aliphatic carbocycles. The van der Waals surface area contributed by atoms with Gasteiger partial charge in [-0.05, 0) is 45.6 Å². The number of aliphatic hydroxyl groups is 1. The van der Waals surface area contributed by atoms with E-state index in [1.54, 1.807) is 0 Å². The molecule has 0 saturated heterocycles. The van der Waals surface area contributed by atoms with Gasteiger partial charge in [-0.1, -0.05) is 19.8 Å². The lowest BCUT2D eigenvalue weighted by atomic mass is 9.84. The van der Waals surface area contributed by atoms with Crippen LogP contribution >= 0.6 is 0 Å². The number of nitrogens with zero attached hydrogens (tertiary/aromatic N) is 1. The van der Waals surface area contributed by atoms with Crippen molar-refractivity contribution in [1.82, 2.24) is 10.2 Å². The Hall–Kier alpha value is -0.120. The third-order valence-electron chi connectivity index (χ3n) is 4.15. The topological polar surface area (TPSA) is 35.5 Å². The average molecular weight is 256 g/mol. The van der Waals surface area contributed by atoms with Crippen LogP contribution in [0, 0.1) is 5.92 Å². The normalized spacial score (nSPS) is 25.0. The summed E-state index contributed by atoms with van der Waals surface area (Å²) in [6, 6.07) is 1.23. The Bertz CT molecular complexity index is 209. The molecule has 0 heterocycles. The van der Waals surface area contributed by atoms with Crippen molar-refractivity contribution < 1.29 is 5.11 Å². The fourth-order valence-electron chi connectivity index (χ4n) is 3.01. The highest BCUT2D eigenvalue weighted by Crippen LogP contribution is 2.25. The molecular formula is C15H32N2O. The molecule has 0 bridgehead atoms. The molecule has 3 nitrogen and oxygen atoms in total. The Balaban J connectivity index is 2.48. The van der Waals surface area contributed by atoms with Crippen LogP contribution in [0.4, 0.5) is 0 Å². The molecular weight excluding hydrogens is 224 g/mol. The van der Waals surface area contributed by atoms with Gasteiger partial charge in [0.15, 0.2) is 0 Å². The van der Waals surface area contributed by atoms with E-state index >= 15 is 0 Å². The maximum absolute atomic E-state index is 9.17. The average Bonchev–Trinajstić information content (AvgIpc) is 2.37. The SMILES string of the molecule is CCCNC1CCCCC1CN(CCO)C(C)C. The van der Waals surface area contributed by atoms with Crippen LogP contribution in [0.25, 0.3) is 0 Å². The quantitative estimate of drug-likeness (QED) is 0.699. The fourth-order valence-corrected chi connectivity index (χ4v) is 3.01. The van der Waals surface area contributed by atoms with Gasteiger partial charge in [-0.15, -0.1) is 0 Å². The lowest BCUT2D eigenvalue weighted by molar-refractivity contribution is 0.117. The van der Waals surface area contributed by atoms with E-state index in [9.17, 15) is 0 Å². The lowest BCUT2D eigenvalue weighted by Gasteiger charge is -2.37. The molecule has 2 unspecified atom stereocenters. The number of aliphatic hydroxyl groups excluding tert-OH is 1. The largest absolute Gasteiger partial charge is 0.395 e. The van der Waals surface area contributed by atoms with Gasteiger partial charge >= 0.3 is 0 Å². The first-order valence-electron chi connectivity index (χ1n) is 7.77. The summed E-state index contributed by atoms with van der Waals surface area (Å²) in [5, 5.41) is 12.9. The van der Waals surface area contributed by atoms with Crippen molar-refractivity contribution in [3.05, 3.63) is 0 Å². The van der Waals surface area contributed by atoms with Crippen LogP contribution in [0.2, 0.25) is 0 Å². The Kier molecular flexibility index (Phi) is 7.87. The second-order valence-electron chi connectivity index (χ2n) is 5.92. The third-order valence-corrected chi connectivity index (χ3v) is 4.15. The van der Waals surface area contributed by atoms with Crippen LogP contribution in [-0.2, 0) is 0 Å². The standard InChI is InChI=1S/C15H32N2O/c1-4-9-16-15-8-6-5-7-14(15)12-17(10-11-18)13(2)3/h13-16,18H,4-12H2,1-3H3. The smallest absolute Gasteiger partial charge is 0.0558 e. The molecule has 3 heteroatoms. The summed E-state index contributed by atoms with van der Waals surface area (Å²) in [5.74, 6) is 0.763. The van der Waals surface area contributed by atoms with Gasteiger partial charge in [0.1, 0.15) is 0 Å². The van der Waals surface area contributed by atoms with Crippen LogP contribution in [0.1, 0.15) is 52.9 Å². The summed E-state index contributed by atoms with van der Waals surface area (Å²) in [6.45, 7) is 10.1. The van der Waals surface area contributed by atoms with Crippen molar-refractivity contribution in [3.63, 3.8) is 0 Å². The molecule has 2 N–H and O–H groups in total. The minimum absolute atomic E-state index is 0.276. The van der Waals surface area contributed by atoms with Crippen LogP contribution < -0.4 is 5.32 Å². The maximum atomic E-state index is 9.17. The highest BCUT2D eigenvalue weighted by atomic mass is 16.3. The number of nitrogens with one attached hydrogen (secondary N) is 1. The summed E-state index contributed by atoms with van der Waals surface area (Å²) in [4.78, 5) is 2.43. The van der Waals surface area contributed by atoms with Crippen LogP contribution in [0.15, 0.2) is 0 Å². The molecule has 108 valence electrons. The summed E-state index contributed by atoms with van der Waals surface area (Å²) in [6.07, 6.45) is 6.64. The Morgan fingerprint density at radius 2 is 2.00 bits per heavy atom. The Morgan fingerprint density at radius 1 is 1.28 bits per heavy atom. The van der Waals surface area contributed by atoms with Crippen molar-refractivity contribution in [1.29, 1.82) is 0 Å². The predicted octanol–water partition coefficient (Wildman–Crippen LogP) is 2.25. The summed E-state index contributed by atoms with van der Waals surface area (Å²) in [7, 11) is 0. The predicted molar refractivity (Wildman–Crippen MR) is 77.8 cm³/mol. The van der Waals surface area contributed by atoms with E-state index in [1.807, 2.05) is 0 Å². The van der Waals surface area contributed by atoms with E-state index in [0.29, 0.717) is 12.1 Å². The second kappa shape index (κ2) is 8.89. The van der Waals surface area contributed by atoms with Crippen LogP contribution in [0.5, 0.6) is 0 Å². The molecule has 0 amide bonds. The Morgan fingerprint density at radius 3 is 2.61 bits per heavy atom. The number of rotatable bonds is 8. The molecule has 0 aromatic heterocycles. The van der Waals surface area contributed by atoms with Gasteiger partial charge in [0.05, 0.1) is 6.61 Å². The number of hydrogen-bond donors (Lipinski definition) is 2. The van der Waals surface area contributed by atoms with Crippen molar-refractivity contribution in [2.75, 3.05) is 26.2 Å². The molecule has 0 aromatic carbocycles. The van der Waals surface area contributed by atoms with Gasteiger partial charge in [-0.2, -0.15) is 0 Å². The molecule has 1 fully saturated rings. The first-order valence-corrected chi connectivity index (χ1v) is 7.77. The Labute approximate surface area is 113 Å². The van der Waals surface area contributed by atoms with Crippen LogP contribution in [0.3, 0.4) is 0 Å². The van der Waals surface area contributed by atoms with E-state index in [0.717, 1.165) is 25.6 Å². The molecule has 18 heavy (non-hydrogen) atoms. The second-order valence-corrected chi connectivity index (χ2v) is 5.92. The minimum Gasteiger partial charge on any atom is -0.395 e. The van der Waals surface area contributed by atoms with E-state index in [2.05, 4.69) is 31.0 Å². The maximum Gasteiger partial charge on any atom is 0.0558 e. The molecule has 1 rings (SSSR count). The van der Waals surface area contributed by atoms with Crippen molar-refractivity contribution in [2.24, 2.45) is 5.92 Å². The van der Waals surface area contributed by atoms with E-state index < -0.39 is 0 Å². The fraction of sp³-hybridized carbons (Fsp3) is 1.00. The van der Waals surface area contributed by atoms with Gasteiger partial charge in [0.25, 0.3) is 0 Å². The van der Waals surface area contributed by atoms with Crippen molar-refractivity contribution in [2.45, 2.75) is 65.0 Å².